The molecule has 2 aromatic carbocycles. The molecule has 1 heterocycles. The van der Waals surface area contributed by atoms with Crippen molar-refractivity contribution in [3.05, 3.63) is 54.6 Å². The molecule has 4 nitrogen and oxygen atoms in total. The molecule has 0 saturated heterocycles. The van der Waals surface area contributed by atoms with Crippen molar-refractivity contribution in [2.45, 2.75) is 6.54 Å². The average Bonchev–Trinajstić information content (AvgIpc) is 2.92. The van der Waals surface area contributed by atoms with Crippen LogP contribution in [-0.4, -0.2) is 24.8 Å². The minimum Gasteiger partial charge on any atom is -0.468 e. The second kappa shape index (κ2) is 6.45. The molecule has 3 aromatic rings. The van der Waals surface area contributed by atoms with Crippen molar-refractivity contribution in [3.63, 3.8) is 0 Å². The van der Waals surface area contributed by atoms with Gasteiger partial charge in [0.2, 0.25) is 0 Å². The van der Waals surface area contributed by atoms with Crippen molar-refractivity contribution in [1.29, 1.82) is 0 Å². The van der Waals surface area contributed by atoms with E-state index in [-0.39, 0.29) is 6.79 Å². The van der Waals surface area contributed by atoms with Crippen LogP contribution in [0.2, 0.25) is 0 Å². The van der Waals surface area contributed by atoms with Gasteiger partial charge in [-0.25, -0.2) is 0 Å². The van der Waals surface area contributed by atoms with Gasteiger partial charge in [-0.3, -0.25) is 0 Å². The number of rotatable bonds is 6. The fourth-order valence-corrected chi connectivity index (χ4v) is 2.59. The molecular weight excluding hydrogens is 278 g/mol. The Bertz CT molecular complexity index is 778. The zero-order chi connectivity index (χ0) is 15.4. The highest BCUT2D eigenvalue weighted by Gasteiger charge is 2.11. The number of carbonyl (C=O) groups is 1. The molecule has 0 spiro atoms. The Morgan fingerprint density at radius 3 is 2.64 bits per heavy atom. The fourth-order valence-electron chi connectivity index (χ4n) is 2.59. The van der Waals surface area contributed by atoms with E-state index in [2.05, 4.69) is 6.07 Å². The largest absolute Gasteiger partial charge is 0.468 e. The van der Waals surface area contributed by atoms with Gasteiger partial charge in [-0.1, -0.05) is 30.3 Å². The summed E-state index contributed by atoms with van der Waals surface area (Å²) in [6, 6.07) is 17.9. The Morgan fingerprint density at radius 1 is 1.09 bits per heavy atom. The van der Waals surface area contributed by atoms with Crippen LogP contribution in [0.3, 0.4) is 0 Å². The lowest BCUT2D eigenvalue weighted by Crippen LogP contribution is -2.01. The normalized spacial score (nSPS) is 10.8. The zero-order valence-corrected chi connectivity index (χ0v) is 12.4. The highest BCUT2D eigenvalue weighted by Crippen LogP contribution is 2.30. The van der Waals surface area contributed by atoms with E-state index >= 15 is 0 Å². The van der Waals surface area contributed by atoms with E-state index in [0.717, 1.165) is 34.2 Å². The van der Waals surface area contributed by atoms with Gasteiger partial charge in [0.05, 0.1) is 6.54 Å². The van der Waals surface area contributed by atoms with Gasteiger partial charge in [0, 0.05) is 23.7 Å². The molecule has 3 rings (SSSR count). The number of ether oxygens (including phenoxy) is 2. The molecule has 0 N–H and O–H groups in total. The molecule has 0 fully saturated rings. The molecule has 0 radical (unpaired) electrons. The van der Waals surface area contributed by atoms with Crippen LogP contribution in [0.4, 0.5) is 0 Å². The Hall–Kier alpha value is -2.59. The first-order valence-corrected chi connectivity index (χ1v) is 7.07. The van der Waals surface area contributed by atoms with Crippen molar-refractivity contribution < 1.29 is 14.3 Å². The number of fused-ring (bicyclic) bond motifs is 1. The molecule has 0 unspecified atom stereocenters. The molecule has 0 saturated carbocycles. The third-order valence-electron chi connectivity index (χ3n) is 3.54. The molecule has 0 aliphatic heterocycles. The predicted octanol–water partition coefficient (Wildman–Crippen LogP) is 3.49. The van der Waals surface area contributed by atoms with Crippen molar-refractivity contribution >= 4 is 17.2 Å². The van der Waals surface area contributed by atoms with Crippen LogP contribution in [0.5, 0.6) is 5.75 Å². The molecular formula is C18H17NO3. The highest BCUT2D eigenvalue weighted by molar-refractivity contribution is 5.88. The first kappa shape index (κ1) is 14.4. The second-order valence-corrected chi connectivity index (χ2v) is 4.94. The van der Waals surface area contributed by atoms with Crippen molar-refractivity contribution in [2.24, 2.45) is 0 Å². The number of hydrogen-bond acceptors (Lipinski definition) is 3. The summed E-state index contributed by atoms with van der Waals surface area (Å²) in [4.78, 5) is 11.0. The van der Waals surface area contributed by atoms with Crippen LogP contribution >= 0.6 is 0 Å². The highest BCUT2D eigenvalue weighted by atomic mass is 16.7. The molecule has 112 valence electrons. The van der Waals surface area contributed by atoms with Crippen molar-refractivity contribution in [2.75, 3.05) is 13.9 Å². The summed E-state index contributed by atoms with van der Waals surface area (Å²) in [5.74, 6) is 0.747. The molecule has 22 heavy (non-hydrogen) atoms. The Labute approximate surface area is 128 Å². The minimum atomic E-state index is 0.214. The summed E-state index contributed by atoms with van der Waals surface area (Å²) in [5, 5.41) is 1.04. The first-order chi connectivity index (χ1) is 10.8. The Balaban J connectivity index is 2.11. The van der Waals surface area contributed by atoms with Gasteiger partial charge >= 0.3 is 0 Å². The Morgan fingerprint density at radius 2 is 1.91 bits per heavy atom. The summed E-state index contributed by atoms with van der Waals surface area (Å²) in [7, 11) is 1.59. The molecule has 0 amide bonds. The number of nitrogens with zero attached hydrogens (tertiary/aromatic N) is 1. The summed E-state index contributed by atoms with van der Waals surface area (Å²) in [6.45, 7) is 0.540. The zero-order valence-electron chi connectivity index (χ0n) is 12.4. The third kappa shape index (κ3) is 2.73. The number of aldehydes is 1. The van der Waals surface area contributed by atoms with Gasteiger partial charge in [-0.15, -0.1) is 0 Å². The number of aromatic nitrogens is 1. The average molecular weight is 295 g/mol. The van der Waals surface area contributed by atoms with Crippen LogP contribution in [-0.2, 0) is 16.1 Å². The smallest absolute Gasteiger partial charge is 0.188 e. The Kier molecular flexibility index (Phi) is 4.21. The lowest BCUT2D eigenvalue weighted by molar-refractivity contribution is -0.108. The first-order valence-electron chi connectivity index (χ1n) is 7.07. The maximum atomic E-state index is 11.0. The summed E-state index contributed by atoms with van der Waals surface area (Å²) in [6.07, 6.45) is 0.918. The number of hydrogen-bond donors (Lipinski definition) is 0. The van der Waals surface area contributed by atoms with E-state index in [1.165, 1.54) is 0 Å². The molecule has 1 aromatic heterocycles. The summed E-state index contributed by atoms with van der Waals surface area (Å²) >= 11 is 0. The molecule has 0 aliphatic carbocycles. The van der Waals surface area contributed by atoms with E-state index in [9.17, 15) is 4.79 Å². The van der Waals surface area contributed by atoms with E-state index in [0.29, 0.717) is 6.54 Å². The van der Waals surface area contributed by atoms with Gasteiger partial charge in [0.25, 0.3) is 0 Å². The SMILES string of the molecule is COCOc1ccc2c(c1)cc(-c1ccccc1)n2CC=O. The quantitative estimate of drug-likeness (QED) is 0.516. The van der Waals surface area contributed by atoms with Gasteiger partial charge in [-0.2, -0.15) is 0 Å². The lowest BCUT2D eigenvalue weighted by Gasteiger charge is -2.08. The topological polar surface area (TPSA) is 40.5 Å². The predicted molar refractivity (Wildman–Crippen MR) is 85.9 cm³/mol. The van der Waals surface area contributed by atoms with Gasteiger partial charge < -0.3 is 18.8 Å². The fraction of sp³-hybridized carbons (Fsp3) is 0.167. The second-order valence-electron chi connectivity index (χ2n) is 4.94. The van der Waals surface area contributed by atoms with E-state index in [1.54, 1.807) is 7.11 Å². The maximum Gasteiger partial charge on any atom is 0.188 e. The molecule has 0 bridgehead atoms. The standard InChI is InChI=1S/C18H17NO3/c1-21-13-22-16-7-8-17-15(11-16)12-18(19(17)9-10-20)14-5-3-2-4-6-14/h2-8,10-12H,9,13H2,1H3. The third-order valence-corrected chi connectivity index (χ3v) is 3.54. The molecule has 0 aliphatic rings. The van der Waals surface area contributed by atoms with Gasteiger partial charge in [-0.05, 0) is 29.8 Å². The number of carbonyl (C=O) groups excluding carboxylic acids is 1. The van der Waals surface area contributed by atoms with Crippen LogP contribution in [0, 0.1) is 0 Å². The van der Waals surface area contributed by atoms with Crippen molar-refractivity contribution in [1.82, 2.24) is 4.57 Å². The summed E-state index contributed by atoms with van der Waals surface area (Å²) < 4.78 is 12.4. The van der Waals surface area contributed by atoms with E-state index < -0.39 is 0 Å². The number of benzene rings is 2. The van der Waals surface area contributed by atoms with Crippen LogP contribution in [0.15, 0.2) is 54.6 Å². The van der Waals surface area contributed by atoms with Gasteiger partial charge in [0.15, 0.2) is 6.79 Å². The van der Waals surface area contributed by atoms with Crippen LogP contribution in [0.1, 0.15) is 0 Å². The van der Waals surface area contributed by atoms with Gasteiger partial charge in [0.1, 0.15) is 12.0 Å². The van der Waals surface area contributed by atoms with E-state index in [1.807, 2.05) is 53.1 Å². The van der Waals surface area contributed by atoms with Crippen LogP contribution < -0.4 is 4.74 Å². The maximum absolute atomic E-state index is 11.0. The van der Waals surface area contributed by atoms with Crippen LogP contribution in [0.25, 0.3) is 22.2 Å². The monoisotopic (exact) mass is 295 g/mol. The number of methoxy groups -OCH3 is 1. The lowest BCUT2D eigenvalue weighted by atomic mass is 10.1. The molecule has 0 atom stereocenters. The molecule has 4 heteroatoms. The minimum absolute atomic E-state index is 0.214. The van der Waals surface area contributed by atoms with Crippen molar-refractivity contribution in [3.8, 4) is 17.0 Å². The summed E-state index contributed by atoms with van der Waals surface area (Å²) in [5.41, 5.74) is 3.11. The van der Waals surface area contributed by atoms with E-state index in [4.69, 9.17) is 9.47 Å².